The van der Waals surface area contributed by atoms with Crippen LogP contribution in [0.15, 0.2) is 42.7 Å². The maximum atomic E-state index is 11.1. The third-order valence-electron chi connectivity index (χ3n) is 8.90. The molecule has 234 valence electrons. The molecule has 2 N–H and O–H groups in total. The van der Waals surface area contributed by atoms with Crippen LogP contribution in [-0.2, 0) is 11.3 Å². The van der Waals surface area contributed by atoms with Gasteiger partial charge in [-0.15, -0.1) is 0 Å². The second kappa shape index (κ2) is 13.1. The first-order valence-electron chi connectivity index (χ1n) is 15.2. The van der Waals surface area contributed by atoms with Crippen LogP contribution >= 0.6 is 23.2 Å². The number of rotatable bonds is 9. The Bertz CT molecular complexity index is 1450. The zero-order valence-electron chi connectivity index (χ0n) is 24.8. The number of aromatic nitrogens is 3. The molecule has 0 amide bonds. The fourth-order valence-electron chi connectivity index (χ4n) is 6.55. The third kappa shape index (κ3) is 7.79. The lowest BCUT2D eigenvalue weighted by Crippen LogP contribution is -2.58. The number of benzene rings is 1. The van der Waals surface area contributed by atoms with Crippen LogP contribution in [0.3, 0.4) is 0 Å². The average Bonchev–Trinajstić information content (AvgIpc) is 2.97. The Morgan fingerprint density at radius 3 is 2.25 bits per heavy atom. The predicted molar refractivity (Wildman–Crippen MR) is 169 cm³/mol. The molecule has 6 rings (SSSR count). The van der Waals surface area contributed by atoms with Gasteiger partial charge in [0.1, 0.15) is 0 Å². The predicted octanol–water partition coefficient (Wildman–Crippen LogP) is 5.36. The van der Waals surface area contributed by atoms with Gasteiger partial charge in [-0.05, 0) is 81.4 Å². The number of aliphatic hydroxyl groups is 1. The van der Waals surface area contributed by atoms with Gasteiger partial charge >= 0.3 is 5.97 Å². The summed E-state index contributed by atoms with van der Waals surface area (Å²) >= 11 is 12.6. The number of piperidine rings is 1. The summed E-state index contributed by atoms with van der Waals surface area (Å²) in [5.41, 5.74) is 1.97. The summed E-state index contributed by atoms with van der Waals surface area (Å²) in [5, 5.41) is 20.3. The molecule has 3 aliphatic rings. The Morgan fingerprint density at radius 1 is 0.977 bits per heavy atom. The highest BCUT2D eigenvalue weighted by molar-refractivity contribution is 6.35. The van der Waals surface area contributed by atoms with Gasteiger partial charge in [-0.1, -0.05) is 23.2 Å². The van der Waals surface area contributed by atoms with Gasteiger partial charge in [-0.3, -0.25) is 14.6 Å². The van der Waals surface area contributed by atoms with E-state index in [2.05, 4.69) is 24.7 Å². The van der Waals surface area contributed by atoms with E-state index in [4.69, 9.17) is 38.0 Å². The minimum atomic E-state index is -0.733. The number of carboxylic acids is 1. The minimum absolute atomic E-state index is 0.219. The van der Waals surface area contributed by atoms with Gasteiger partial charge in [0.25, 0.3) is 0 Å². The number of ether oxygens (including phenoxy) is 1. The number of carboxylic acid groups (broad SMARTS) is 1. The van der Waals surface area contributed by atoms with E-state index in [1.165, 1.54) is 0 Å². The van der Waals surface area contributed by atoms with Crippen molar-refractivity contribution in [2.75, 3.05) is 44.2 Å². The van der Waals surface area contributed by atoms with Crippen molar-refractivity contribution in [2.45, 2.75) is 57.2 Å². The normalized spacial score (nSPS) is 23.4. The lowest BCUT2D eigenvalue weighted by Gasteiger charge is -2.49. The van der Waals surface area contributed by atoms with E-state index in [9.17, 15) is 9.90 Å². The monoisotopic (exact) mass is 640 g/mol. The van der Waals surface area contributed by atoms with Crippen LogP contribution in [0.5, 0.6) is 11.6 Å². The van der Waals surface area contributed by atoms with Crippen molar-refractivity contribution < 1.29 is 19.7 Å². The highest BCUT2D eigenvalue weighted by Crippen LogP contribution is 2.36. The van der Waals surface area contributed by atoms with Gasteiger partial charge < -0.3 is 19.8 Å². The average molecular weight is 642 g/mol. The van der Waals surface area contributed by atoms with Crippen molar-refractivity contribution >= 4 is 35.1 Å². The standard InChI is InChI=1S/C32H38Cl2N6O4/c1-32(43)16-26(17-32)39-6-8-40(9-7-39)31-35-18-27(19-36-31)44-29-11-22(20-38-4-2-21(3-5-38)12-30(41)42)10-28(37-29)23-13-24(33)15-25(34)14-23/h10-11,13-15,18-19,21,26,43H,2-9,12,16-17,20H2,1H3,(H,41,42)/t26-,32+. The number of carbonyl (C=O) groups is 1. The number of hydrogen-bond donors (Lipinski definition) is 2. The summed E-state index contributed by atoms with van der Waals surface area (Å²) in [6, 6.07) is 9.73. The fraction of sp³-hybridized carbons (Fsp3) is 0.500. The fourth-order valence-corrected chi connectivity index (χ4v) is 7.08. The van der Waals surface area contributed by atoms with Gasteiger partial charge in [-0.2, -0.15) is 0 Å². The van der Waals surface area contributed by atoms with Gasteiger partial charge in [0.15, 0.2) is 5.75 Å². The lowest BCUT2D eigenvalue weighted by molar-refractivity contribution is -0.138. The summed E-state index contributed by atoms with van der Waals surface area (Å²) in [7, 11) is 0. The number of likely N-dealkylation sites (tertiary alicyclic amines) is 1. The molecule has 0 spiro atoms. The molecule has 3 aromatic rings. The second-order valence-corrected chi connectivity index (χ2v) is 13.5. The largest absolute Gasteiger partial charge is 0.481 e. The molecule has 0 atom stereocenters. The molecule has 0 unspecified atom stereocenters. The first-order chi connectivity index (χ1) is 21.1. The highest BCUT2D eigenvalue weighted by atomic mass is 35.5. The lowest BCUT2D eigenvalue weighted by atomic mass is 9.76. The molecule has 2 aliphatic heterocycles. The summed E-state index contributed by atoms with van der Waals surface area (Å²) in [6.07, 6.45) is 6.97. The molecule has 0 radical (unpaired) electrons. The Morgan fingerprint density at radius 2 is 1.64 bits per heavy atom. The Labute approximate surface area is 267 Å². The van der Waals surface area contributed by atoms with E-state index >= 15 is 0 Å². The number of halogens is 2. The molecule has 10 nitrogen and oxygen atoms in total. The molecule has 1 aromatic carbocycles. The van der Waals surface area contributed by atoms with Crippen molar-refractivity contribution in [1.82, 2.24) is 24.8 Å². The van der Waals surface area contributed by atoms with E-state index in [0.29, 0.717) is 45.9 Å². The summed E-state index contributed by atoms with van der Waals surface area (Å²) < 4.78 is 6.19. The molecule has 3 fully saturated rings. The Balaban J connectivity index is 1.14. The van der Waals surface area contributed by atoms with Gasteiger partial charge in [0.2, 0.25) is 11.8 Å². The van der Waals surface area contributed by atoms with Gasteiger partial charge in [-0.25, -0.2) is 15.0 Å². The quantitative estimate of drug-likeness (QED) is 0.317. The van der Waals surface area contributed by atoms with Crippen LogP contribution in [0.25, 0.3) is 11.3 Å². The highest BCUT2D eigenvalue weighted by Gasteiger charge is 2.42. The number of piperazine rings is 1. The smallest absolute Gasteiger partial charge is 0.303 e. The molecule has 0 bridgehead atoms. The second-order valence-electron chi connectivity index (χ2n) is 12.6. The molecule has 1 saturated carbocycles. The first kappa shape index (κ1) is 31.0. The Hall–Kier alpha value is -3.02. The molecule has 2 saturated heterocycles. The van der Waals surface area contributed by atoms with E-state index < -0.39 is 11.6 Å². The zero-order chi connectivity index (χ0) is 30.8. The van der Waals surface area contributed by atoms with Crippen molar-refractivity contribution in [2.24, 2.45) is 5.92 Å². The number of hydrogen-bond acceptors (Lipinski definition) is 9. The first-order valence-corrected chi connectivity index (χ1v) is 16.0. The summed E-state index contributed by atoms with van der Waals surface area (Å²) in [6.45, 7) is 7.77. The molecule has 1 aliphatic carbocycles. The summed E-state index contributed by atoms with van der Waals surface area (Å²) in [4.78, 5) is 32.0. The van der Waals surface area contributed by atoms with Crippen LogP contribution in [-0.4, -0.2) is 91.8 Å². The molecule has 4 heterocycles. The molecular formula is C32H38Cl2N6O4. The van der Waals surface area contributed by atoms with Crippen LogP contribution in [0.1, 0.15) is 44.6 Å². The number of aliphatic carboxylic acids is 1. The van der Waals surface area contributed by atoms with Crippen LogP contribution in [0.2, 0.25) is 10.0 Å². The summed E-state index contributed by atoms with van der Waals surface area (Å²) in [5.74, 6) is 1.05. The number of nitrogens with zero attached hydrogens (tertiary/aromatic N) is 6. The van der Waals surface area contributed by atoms with Crippen molar-refractivity contribution in [3.05, 3.63) is 58.3 Å². The number of anilines is 1. The van der Waals surface area contributed by atoms with E-state index in [-0.39, 0.29) is 12.3 Å². The third-order valence-corrected chi connectivity index (χ3v) is 9.33. The van der Waals surface area contributed by atoms with Crippen LogP contribution in [0.4, 0.5) is 5.95 Å². The van der Waals surface area contributed by atoms with E-state index in [0.717, 1.165) is 76.1 Å². The molecule has 44 heavy (non-hydrogen) atoms. The van der Waals surface area contributed by atoms with Crippen LogP contribution in [0, 0.1) is 5.92 Å². The zero-order valence-corrected chi connectivity index (χ0v) is 26.3. The van der Waals surface area contributed by atoms with Gasteiger partial charge in [0.05, 0.1) is 23.7 Å². The van der Waals surface area contributed by atoms with Gasteiger partial charge in [0, 0.05) is 66.9 Å². The van der Waals surface area contributed by atoms with Crippen molar-refractivity contribution in [3.8, 4) is 22.9 Å². The van der Waals surface area contributed by atoms with Crippen molar-refractivity contribution in [3.63, 3.8) is 0 Å². The van der Waals surface area contributed by atoms with Crippen LogP contribution < -0.4 is 9.64 Å². The maximum Gasteiger partial charge on any atom is 0.303 e. The molecule has 12 heteroatoms. The molecule has 2 aromatic heterocycles. The van der Waals surface area contributed by atoms with Crippen molar-refractivity contribution in [1.29, 1.82) is 0 Å². The Kier molecular flexibility index (Phi) is 9.26. The van der Waals surface area contributed by atoms with E-state index in [1.807, 2.05) is 31.2 Å². The minimum Gasteiger partial charge on any atom is -0.481 e. The molecular weight excluding hydrogens is 603 g/mol. The van der Waals surface area contributed by atoms with E-state index in [1.54, 1.807) is 18.5 Å². The topological polar surface area (TPSA) is 115 Å². The SMILES string of the molecule is C[C@]1(O)C[C@@H](N2CCN(c3ncc(Oc4cc(CN5CCC(CC(=O)O)CC5)cc(-c5cc(Cl)cc(Cl)c5)n4)cn3)CC2)C1. The maximum absolute atomic E-state index is 11.1. The number of pyridine rings is 1.